The summed E-state index contributed by atoms with van der Waals surface area (Å²) in [5, 5.41) is 2.75. The minimum Gasteiger partial charge on any atom is -0.469 e. The van der Waals surface area contributed by atoms with Gasteiger partial charge < -0.3 is 14.8 Å². The number of hydrogen-bond acceptors (Lipinski definition) is 4. The van der Waals surface area contributed by atoms with Gasteiger partial charge in [-0.1, -0.05) is 28.1 Å². The van der Waals surface area contributed by atoms with Crippen LogP contribution in [0.5, 0.6) is 5.75 Å². The SMILES string of the molecule is COC(=O)C[C@H](NC(=O)c1ccc(OC(F)F)cc1)c1cccc(Br)c1. The van der Waals surface area contributed by atoms with Crippen molar-refractivity contribution >= 4 is 27.8 Å². The third-order valence-corrected chi connectivity index (χ3v) is 3.99. The average molecular weight is 428 g/mol. The van der Waals surface area contributed by atoms with Crippen LogP contribution in [0.2, 0.25) is 0 Å². The Balaban J connectivity index is 2.16. The molecule has 0 aliphatic rings. The molecule has 0 bridgehead atoms. The maximum absolute atomic E-state index is 12.5. The van der Waals surface area contributed by atoms with Crippen LogP contribution >= 0.6 is 15.9 Å². The molecule has 5 nitrogen and oxygen atoms in total. The van der Waals surface area contributed by atoms with E-state index in [1.54, 1.807) is 18.2 Å². The van der Waals surface area contributed by atoms with Crippen molar-refractivity contribution < 1.29 is 27.8 Å². The van der Waals surface area contributed by atoms with Gasteiger partial charge in [-0.3, -0.25) is 9.59 Å². The molecule has 0 unspecified atom stereocenters. The maximum atomic E-state index is 12.5. The molecule has 0 spiro atoms. The van der Waals surface area contributed by atoms with Gasteiger partial charge in [-0.15, -0.1) is 0 Å². The number of rotatable bonds is 7. The Bertz CT molecular complexity index is 768. The third-order valence-electron chi connectivity index (χ3n) is 3.50. The van der Waals surface area contributed by atoms with Gasteiger partial charge in [-0.05, 0) is 42.0 Å². The zero-order valence-corrected chi connectivity index (χ0v) is 15.3. The number of carbonyl (C=O) groups is 2. The number of amides is 1. The van der Waals surface area contributed by atoms with E-state index < -0.39 is 24.5 Å². The first kappa shape index (κ1) is 19.8. The second-order valence-electron chi connectivity index (χ2n) is 5.26. The molecule has 0 fully saturated rings. The maximum Gasteiger partial charge on any atom is 0.387 e. The fourth-order valence-corrected chi connectivity index (χ4v) is 2.67. The summed E-state index contributed by atoms with van der Waals surface area (Å²) < 4.78 is 34.1. The number of nitrogens with one attached hydrogen (secondary N) is 1. The predicted octanol–water partition coefficient (Wildman–Crippen LogP) is 4.08. The molecule has 1 N–H and O–H groups in total. The fourth-order valence-electron chi connectivity index (χ4n) is 2.25. The van der Waals surface area contributed by atoms with Crippen LogP contribution in [0, 0.1) is 0 Å². The Labute approximate surface area is 157 Å². The van der Waals surface area contributed by atoms with Crippen LogP contribution in [0.4, 0.5) is 8.78 Å². The first-order valence-electron chi connectivity index (χ1n) is 7.57. The van der Waals surface area contributed by atoms with Gasteiger partial charge in [0, 0.05) is 10.0 Å². The van der Waals surface area contributed by atoms with Crippen molar-refractivity contribution in [2.24, 2.45) is 0 Å². The van der Waals surface area contributed by atoms with E-state index in [4.69, 9.17) is 0 Å². The smallest absolute Gasteiger partial charge is 0.387 e. The lowest BCUT2D eigenvalue weighted by atomic mass is 10.0. The summed E-state index contributed by atoms with van der Waals surface area (Å²) in [6, 6.07) is 11.8. The topological polar surface area (TPSA) is 64.6 Å². The van der Waals surface area contributed by atoms with E-state index in [0.29, 0.717) is 0 Å². The number of hydrogen-bond donors (Lipinski definition) is 1. The summed E-state index contributed by atoms with van der Waals surface area (Å²) in [6.07, 6.45) is -0.0503. The van der Waals surface area contributed by atoms with Crippen LogP contribution < -0.4 is 10.1 Å². The van der Waals surface area contributed by atoms with Gasteiger partial charge in [0.1, 0.15) is 5.75 Å². The summed E-state index contributed by atoms with van der Waals surface area (Å²) >= 11 is 3.35. The highest BCUT2D eigenvalue weighted by Gasteiger charge is 2.20. The Morgan fingerprint density at radius 2 is 1.85 bits per heavy atom. The molecule has 1 amide bonds. The number of methoxy groups -OCH3 is 1. The molecule has 2 aromatic rings. The highest BCUT2D eigenvalue weighted by molar-refractivity contribution is 9.10. The molecule has 2 aromatic carbocycles. The Morgan fingerprint density at radius 1 is 1.15 bits per heavy atom. The van der Waals surface area contributed by atoms with Gasteiger partial charge in [0.15, 0.2) is 0 Å². The standard InChI is InChI=1S/C18H16BrF2NO4/c1-25-16(23)10-15(12-3-2-4-13(19)9-12)22-17(24)11-5-7-14(8-6-11)26-18(20)21/h2-9,15,18H,10H2,1H3,(H,22,24)/t15-/m0/s1. The zero-order valence-electron chi connectivity index (χ0n) is 13.7. The second-order valence-corrected chi connectivity index (χ2v) is 6.18. The molecule has 2 rings (SSSR count). The molecule has 0 radical (unpaired) electrons. The minimum atomic E-state index is -2.93. The number of ether oxygens (including phenoxy) is 2. The van der Waals surface area contributed by atoms with E-state index >= 15 is 0 Å². The number of alkyl halides is 2. The van der Waals surface area contributed by atoms with E-state index in [-0.39, 0.29) is 17.7 Å². The Kier molecular flexibility index (Phi) is 7.08. The number of benzene rings is 2. The van der Waals surface area contributed by atoms with Crippen LogP contribution in [0.3, 0.4) is 0 Å². The number of carbonyl (C=O) groups excluding carboxylic acids is 2. The van der Waals surface area contributed by atoms with Gasteiger partial charge in [0.05, 0.1) is 19.6 Å². The fraction of sp³-hybridized carbons (Fsp3) is 0.222. The molecule has 0 aliphatic carbocycles. The van der Waals surface area contributed by atoms with Crippen LogP contribution in [0.1, 0.15) is 28.4 Å². The van der Waals surface area contributed by atoms with E-state index in [1.165, 1.54) is 31.4 Å². The predicted molar refractivity (Wildman–Crippen MR) is 94.1 cm³/mol. The van der Waals surface area contributed by atoms with Crippen molar-refractivity contribution in [3.8, 4) is 5.75 Å². The molecule has 0 saturated heterocycles. The first-order valence-corrected chi connectivity index (χ1v) is 8.36. The van der Waals surface area contributed by atoms with Crippen molar-refractivity contribution in [2.45, 2.75) is 19.1 Å². The van der Waals surface area contributed by atoms with Crippen molar-refractivity contribution in [1.82, 2.24) is 5.32 Å². The van der Waals surface area contributed by atoms with Gasteiger partial charge >= 0.3 is 12.6 Å². The van der Waals surface area contributed by atoms with E-state index in [9.17, 15) is 18.4 Å². The lowest BCUT2D eigenvalue weighted by Crippen LogP contribution is -2.30. The molecule has 138 valence electrons. The van der Waals surface area contributed by atoms with E-state index in [0.717, 1.165) is 10.0 Å². The normalized spacial score (nSPS) is 11.7. The molecular weight excluding hydrogens is 412 g/mol. The quantitative estimate of drug-likeness (QED) is 0.675. The zero-order chi connectivity index (χ0) is 19.1. The molecule has 0 aromatic heterocycles. The highest BCUT2D eigenvalue weighted by Crippen LogP contribution is 2.22. The van der Waals surface area contributed by atoms with Gasteiger partial charge in [-0.25, -0.2) is 0 Å². The van der Waals surface area contributed by atoms with Crippen molar-refractivity contribution in [2.75, 3.05) is 7.11 Å². The Hall–Kier alpha value is -2.48. The first-order chi connectivity index (χ1) is 12.4. The number of esters is 1. The summed E-state index contributed by atoms with van der Waals surface area (Å²) in [5.74, 6) is -0.979. The van der Waals surface area contributed by atoms with Crippen LogP contribution in [0.15, 0.2) is 53.0 Å². The Morgan fingerprint density at radius 3 is 2.42 bits per heavy atom. The summed E-state index contributed by atoms with van der Waals surface area (Å²) in [7, 11) is 1.27. The van der Waals surface area contributed by atoms with Gasteiger partial charge in [-0.2, -0.15) is 8.78 Å². The van der Waals surface area contributed by atoms with Gasteiger partial charge in [0.25, 0.3) is 5.91 Å². The molecule has 1 atom stereocenters. The van der Waals surface area contributed by atoms with Crippen LogP contribution in [-0.4, -0.2) is 25.6 Å². The second kappa shape index (κ2) is 9.28. The average Bonchev–Trinajstić information content (AvgIpc) is 2.61. The van der Waals surface area contributed by atoms with Gasteiger partial charge in [0.2, 0.25) is 0 Å². The van der Waals surface area contributed by atoms with Crippen molar-refractivity contribution in [3.63, 3.8) is 0 Å². The minimum absolute atomic E-state index is 0.0466. The molecule has 0 saturated carbocycles. The summed E-state index contributed by atoms with van der Waals surface area (Å²) in [6.45, 7) is -2.93. The highest BCUT2D eigenvalue weighted by atomic mass is 79.9. The summed E-state index contributed by atoms with van der Waals surface area (Å²) in [4.78, 5) is 24.1. The number of halogens is 3. The van der Waals surface area contributed by atoms with E-state index in [1.807, 2.05) is 6.07 Å². The lowest BCUT2D eigenvalue weighted by Gasteiger charge is -2.18. The molecule has 0 heterocycles. The molecular formula is C18H16BrF2NO4. The van der Waals surface area contributed by atoms with Crippen molar-refractivity contribution in [1.29, 1.82) is 0 Å². The van der Waals surface area contributed by atoms with E-state index in [2.05, 4.69) is 30.7 Å². The third kappa shape index (κ3) is 5.80. The van der Waals surface area contributed by atoms with Crippen LogP contribution in [-0.2, 0) is 9.53 Å². The molecule has 0 aliphatic heterocycles. The molecule has 26 heavy (non-hydrogen) atoms. The summed E-state index contributed by atoms with van der Waals surface area (Å²) in [5.41, 5.74) is 0.965. The van der Waals surface area contributed by atoms with Crippen molar-refractivity contribution in [3.05, 3.63) is 64.1 Å². The lowest BCUT2D eigenvalue weighted by molar-refractivity contribution is -0.141. The monoisotopic (exact) mass is 427 g/mol. The van der Waals surface area contributed by atoms with Crippen LogP contribution in [0.25, 0.3) is 0 Å². The largest absolute Gasteiger partial charge is 0.469 e. The molecule has 8 heteroatoms.